The van der Waals surface area contributed by atoms with Gasteiger partial charge in [-0.1, -0.05) is 36.4 Å². The zero-order valence-corrected chi connectivity index (χ0v) is 16.7. The van der Waals surface area contributed by atoms with Crippen LogP contribution in [0.3, 0.4) is 0 Å². The molecule has 158 valence electrons. The second kappa shape index (κ2) is 9.41. The molecule has 0 bridgehead atoms. The number of carbonyl (C=O) groups excluding carboxylic acids is 1. The van der Waals surface area contributed by atoms with E-state index in [2.05, 4.69) is 5.32 Å². The van der Waals surface area contributed by atoms with Gasteiger partial charge in [0.15, 0.2) is 5.76 Å². The molecule has 1 aliphatic heterocycles. The van der Waals surface area contributed by atoms with Crippen molar-refractivity contribution in [3.05, 3.63) is 82.9 Å². The molecule has 0 saturated heterocycles. The molecular formula is C24H26FNO4. The smallest absolute Gasteiger partial charge is 0.286 e. The van der Waals surface area contributed by atoms with Gasteiger partial charge >= 0.3 is 0 Å². The molecular weight excluding hydrogens is 385 g/mol. The minimum absolute atomic E-state index is 0.00349. The molecule has 30 heavy (non-hydrogen) atoms. The third-order valence-electron chi connectivity index (χ3n) is 5.66. The number of hydrogen-bond acceptors (Lipinski definition) is 4. The Morgan fingerprint density at radius 2 is 1.80 bits per heavy atom. The SMILES string of the molecule is O=C(NC1CCC1)C1=C[C@@H](c2ccc(F)cc2)C[C@@H](OCc2ccc(CO)cc2)O1. The van der Waals surface area contributed by atoms with Gasteiger partial charge in [0, 0.05) is 18.4 Å². The fourth-order valence-corrected chi connectivity index (χ4v) is 3.60. The minimum atomic E-state index is -0.593. The molecule has 0 spiro atoms. The maximum atomic E-state index is 13.3. The second-order valence-corrected chi connectivity index (χ2v) is 7.86. The summed E-state index contributed by atoms with van der Waals surface area (Å²) in [6, 6.07) is 14.0. The van der Waals surface area contributed by atoms with E-state index in [-0.39, 0.29) is 36.1 Å². The molecule has 1 heterocycles. The summed E-state index contributed by atoms with van der Waals surface area (Å²) in [4.78, 5) is 12.7. The first-order chi connectivity index (χ1) is 14.6. The number of nitrogens with one attached hydrogen (secondary N) is 1. The molecule has 2 aromatic rings. The van der Waals surface area contributed by atoms with Crippen molar-refractivity contribution in [2.75, 3.05) is 0 Å². The number of hydrogen-bond donors (Lipinski definition) is 2. The molecule has 2 atom stereocenters. The lowest BCUT2D eigenvalue weighted by atomic mass is 9.91. The molecule has 2 aliphatic rings. The zero-order valence-electron chi connectivity index (χ0n) is 16.7. The standard InChI is InChI=1S/C24H26FNO4/c25-20-10-8-18(9-11-20)19-12-22(24(28)26-21-2-1-3-21)30-23(13-19)29-15-17-6-4-16(14-27)5-7-17/h4-12,19,21,23,27H,1-3,13-15H2,(H,26,28)/t19-,23+/m1/s1. The van der Waals surface area contributed by atoms with Crippen molar-refractivity contribution in [1.82, 2.24) is 5.32 Å². The molecule has 4 rings (SSSR count). The van der Waals surface area contributed by atoms with Gasteiger partial charge in [0.1, 0.15) is 5.82 Å². The summed E-state index contributed by atoms with van der Waals surface area (Å²) in [5.41, 5.74) is 2.70. The second-order valence-electron chi connectivity index (χ2n) is 7.86. The molecule has 1 fully saturated rings. The molecule has 2 aromatic carbocycles. The molecule has 6 heteroatoms. The van der Waals surface area contributed by atoms with Gasteiger partial charge in [-0.05, 0) is 54.2 Å². The van der Waals surface area contributed by atoms with Crippen LogP contribution in [-0.2, 0) is 27.5 Å². The Labute approximate surface area is 175 Å². The van der Waals surface area contributed by atoms with Gasteiger partial charge in [0.05, 0.1) is 13.2 Å². The number of amides is 1. The Hall–Kier alpha value is -2.70. The number of carbonyl (C=O) groups is 1. The summed E-state index contributed by atoms with van der Waals surface area (Å²) in [7, 11) is 0. The van der Waals surface area contributed by atoms with Gasteiger partial charge in [-0.15, -0.1) is 0 Å². The van der Waals surface area contributed by atoms with Gasteiger partial charge in [0.2, 0.25) is 6.29 Å². The van der Waals surface area contributed by atoms with Crippen LogP contribution in [0, 0.1) is 5.82 Å². The Morgan fingerprint density at radius 1 is 1.10 bits per heavy atom. The lowest BCUT2D eigenvalue weighted by molar-refractivity contribution is -0.150. The zero-order chi connectivity index (χ0) is 20.9. The van der Waals surface area contributed by atoms with E-state index in [4.69, 9.17) is 14.6 Å². The van der Waals surface area contributed by atoms with E-state index >= 15 is 0 Å². The highest BCUT2D eigenvalue weighted by Crippen LogP contribution is 2.32. The quantitative estimate of drug-likeness (QED) is 0.725. The van der Waals surface area contributed by atoms with E-state index in [1.54, 1.807) is 18.2 Å². The average molecular weight is 411 g/mol. The third-order valence-corrected chi connectivity index (χ3v) is 5.66. The van der Waals surface area contributed by atoms with Crippen molar-refractivity contribution in [2.24, 2.45) is 0 Å². The van der Waals surface area contributed by atoms with E-state index in [9.17, 15) is 9.18 Å². The van der Waals surface area contributed by atoms with Crippen LogP contribution in [-0.4, -0.2) is 23.3 Å². The van der Waals surface area contributed by atoms with Crippen LogP contribution in [0.25, 0.3) is 0 Å². The summed E-state index contributed by atoms with van der Waals surface area (Å²) >= 11 is 0. The summed E-state index contributed by atoms with van der Waals surface area (Å²) in [6.07, 6.45) is 4.85. The number of aliphatic hydroxyl groups is 1. The predicted molar refractivity (Wildman–Crippen MR) is 110 cm³/mol. The lowest BCUT2D eigenvalue weighted by Gasteiger charge is -2.31. The Kier molecular flexibility index (Phi) is 6.45. The fraction of sp³-hybridized carbons (Fsp3) is 0.375. The summed E-state index contributed by atoms with van der Waals surface area (Å²) < 4.78 is 25.2. The van der Waals surface area contributed by atoms with Gasteiger partial charge in [0.25, 0.3) is 5.91 Å². The van der Waals surface area contributed by atoms with Crippen LogP contribution in [0.1, 0.15) is 48.3 Å². The number of halogens is 1. The van der Waals surface area contributed by atoms with Crippen molar-refractivity contribution in [3.63, 3.8) is 0 Å². The van der Waals surface area contributed by atoms with E-state index in [0.29, 0.717) is 13.0 Å². The molecule has 0 unspecified atom stereocenters. The normalized spacial score (nSPS) is 21.3. The summed E-state index contributed by atoms with van der Waals surface area (Å²) in [5.74, 6) is -0.379. The maximum absolute atomic E-state index is 13.3. The van der Waals surface area contributed by atoms with E-state index < -0.39 is 6.29 Å². The molecule has 2 N–H and O–H groups in total. The first kappa shape index (κ1) is 20.6. The molecule has 0 aromatic heterocycles. The predicted octanol–water partition coefficient (Wildman–Crippen LogP) is 3.92. The molecule has 0 radical (unpaired) electrons. The number of aliphatic hydroxyl groups excluding tert-OH is 1. The molecule has 5 nitrogen and oxygen atoms in total. The topological polar surface area (TPSA) is 67.8 Å². The van der Waals surface area contributed by atoms with Gasteiger partial charge in [-0.25, -0.2) is 4.39 Å². The summed E-state index contributed by atoms with van der Waals surface area (Å²) in [5, 5.41) is 12.2. The van der Waals surface area contributed by atoms with Gasteiger partial charge < -0.3 is 19.9 Å². The third kappa shape index (κ3) is 5.07. The van der Waals surface area contributed by atoms with Crippen LogP contribution in [0.2, 0.25) is 0 Å². The van der Waals surface area contributed by atoms with E-state index in [1.165, 1.54) is 12.1 Å². The van der Waals surface area contributed by atoms with Crippen molar-refractivity contribution in [2.45, 2.75) is 57.1 Å². The van der Waals surface area contributed by atoms with E-state index in [0.717, 1.165) is 36.0 Å². The maximum Gasteiger partial charge on any atom is 0.286 e. The highest BCUT2D eigenvalue weighted by molar-refractivity contribution is 5.92. The van der Waals surface area contributed by atoms with Crippen molar-refractivity contribution >= 4 is 5.91 Å². The summed E-state index contributed by atoms with van der Waals surface area (Å²) in [6.45, 7) is 0.320. The van der Waals surface area contributed by atoms with Crippen LogP contribution < -0.4 is 5.32 Å². The number of allylic oxidation sites excluding steroid dienone is 1. The van der Waals surface area contributed by atoms with E-state index in [1.807, 2.05) is 24.3 Å². The van der Waals surface area contributed by atoms with Crippen LogP contribution in [0.5, 0.6) is 0 Å². The number of benzene rings is 2. The largest absolute Gasteiger partial charge is 0.459 e. The Bertz CT molecular complexity index is 890. The van der Waals surface area contributed by atoms with Crippen molar-refractivity contribution < 1.29 is 23.8 Å². The molecule has 1 saturated carbocycles. The van der Waals surface area contributed by atoms with Crippen molar-refractivity contribution in [3.8, 4) is 0 Å². The van der Waals surface area contributed by atoms with Crippen LogP contribution in [0.4, 0.5) is 4.39 Å². The average Bonchev–Trinajstić information content (AvgIpc) is 2.75. The fourth-order valence-electron chi connectivity index (χ4n) is 3.60. The van der Waals surface area contributed by atoms with Crippen molar-refractivity contribution in [1.29, 1.82) is 0 Å². The minimum Gasteiger partial charge on any atom is -0.459 e. The number of rotatable bonds is 7. The first-order valence-corrected chi connectivity index (χ1v) is 10.4. The van der Waals surface area contributed by atoms with Gasteiger partial charge in [-0.2, -0.15) is 0 Å². The first-order valence-electron chi connectivity index (χ1n) is 10.4. The van der Waals surface area contributed by atoms with Crippen LogP contribution in [0.15, 0.2) is 60.4 Å². The molecule has 1 aliphatic carbocycles. The van der Waals surface area contributed by atoms with Gasteiger partial charge in [-0.3, -0.25) is 4.79 Å². The number of ether oxygens (including phenoxy) is 2. The lowest BCUT2D eigenvalue weighted by Crippen LogP contribution is -2.42. The Balaban J connectivity index is 1.46. The molecule has 1 amide bonds. The highest BCUT2D eigenvalue weighted by atomic mass is 19.1. The Morgan fingerprint density at radius 3 is 2.43 bits per heavy atom. The van der Waals surface area contributed by atoms with Crippen LogP contribution >= 0.6 is 0 Å². The monoisotopic (exact) mass is 411 g/mol. The highest BCUT2D eigenvalue weighted by Gasteiger charge is 2.30.